The molecular weight excluding hydrogens is 278 g/mol. The third kappa shape index (κ3) is 5.02. The summed E-state index contributed by atoms with van der Waals surface area (Å²) in [5, 5.41) is 9.35. The Hall–Kier alpha value is -1.55. The van der Waals surface area contributed by atoms with Crippen LogP contribution >= 0.6 is 0 Å². The monoisotopic (exact) mass is 305 g/mol. The minimum Gasteiger partial charge on any atom is -0.494 e. The molecule has 1 heterocycles. The third-order valence-electron chi connectivity index (χ3n) is 4.22. The Morgan fingerprint density at radius 1 is 1.27 bits per heavy atom. The van der Waals surface area contributed by atoms with Gasteiger partial charge >= 0.3 is 5.97 Å². The van der Waals surface area contributed by atoms with Crippen molar-refractivity contribution in [1.29, 1.82) is 0 Å². The van der Waals surface area contributed by atoms with Gasteiger partial charge in [0.05, 0.1) is 12.2 Å². The molecule has 22 heavy (non-hydrogen) atoms. The van der Waals surface area contributed by atoms with E-state index in [0.717, 1.165) is 50.2 Å². The maximum atomic E-state index is 11.4. The van der Waals surface area contributed by atoms with E-state index in [1.807, 2.05) is 6.07 Å². The molecule has 0 spiro atoms. The normalized spacial score (nSPS) is 15.7. The number of hydrogen-bond acceptors (Lipinski definition) is 3. The first kappa shape index (κ1) is 16.8. The van der Waals surface area contributed by atoms with Crippen molar-refractivity contribution in [3.05, 3.63) is 29.3 Å². The minimum atomic E-state index is -0.853. The van der Waals surface area contributed by atoms with E-state index in [9.17, 15) is 9.90 Å². The van der Waals surface area contributed by atoms with Crippen molar-refractivity contribution >= 4 is 5.97 Å². The third-order valence-corrected chi connectivity index (χ3v) is 4.22. The van der Waals surface area contributed by atoms with E-state index in [2.05, 4.69) is 11.8 Å². The fourth-order valence-electron chi connectivity index (χ4n) is 2.87. The molecule has 122 valence electrons. The zero-order valence-corrected chi connectivity index (χ0v) is 13.5. The number of aromatic carboxylic acids is 1. The molecule has 0 saturated carbocycles. The van der Waals surface area contributed by atoms with Gasteiger partial charge < -0.3 is 14.7 Å². The van der Waals surface area contributed by atoms with Gasteiger partial charge in [-0.2, -0.15) is 0 Å². The number of carboxylic acids is 1. The number of ether oxygens (including phenoxy) is 1. The van der Waals surface area contributed by atoms with E-state index in [4.69, 9.17) is 4.74 Å². The summed E-state index contributed by atoms with van der Waals surface area (Å²) in [5.74, 6) is -0.0687. The Balaban J connectivity index is 2.01. The van der Waals surface area contributed by atoms with Crippen molar-refractivity contribution in [3.63, 3.8) is 0 Å². The zero-order valence-electron chi connectivity index (χ0n) is 13.5. The van der Waals surface area contributed by atoms with Crippen LogP contribution in [0.5, 0.6) is 5.75 Å². The molecule has 0 unspecified atom stereocenters. The predicted octanol–water partition coefficient (Wildman–Crippen LogP) is 3.59. The van der Waals surface area contributed by atoms with E-state index < -0.39 is 5.97 Å². The van der Waals surface area contributed by atoms with Gasteiger partial charge in [-0.3, -0.25) is 0 Å². The zero-order chi connectivity index (χ0) is 15.8. The van der Waals surface area contributed by atoms with Gasteiger partial charge in [-0.1, -0.05) is 19.8 Å². The summed E-state index contributed by atoms with van der Waals surface area (Å²) in [6.07, 6.45) is 6.71. The lowest BCUT2D eigenvalue weighted by atomic mass is 10.0. The molecule has 1 saturated heterocycles. The fourth-order valence-corrected chi connectivity index (χ4v) is 2.87. The topological polar surface area (TPSA) is 49.8 Å². The second-order valence-electron chi connectivity index (χ2n) is 5.98. The Kier molecular flexibility index (Phi) is 6.72. The highest BCUT2D eigenvalue weighted by atomic mass is 16.5. The Morgan fingerprint density at radius 2 is 2.05 bits per heavy atom. The highest BCUT2D eigenvalue weighted by Crippen LogP contribution is 2.20. The molecule has 0 amide bonds. The minimum absolute atomic E-state index is 0.403. The van der Waals surface area contributed by atoms with Crippen LogP contribution in [0.4, 0.5) is 0 Å². The Bertz CT molecular complexity index is 481. The number of carboxylic acid groups (broad SMARTS) is 1. The van der Waals surface area contributed by atoms with Crippen molar-refractivity contribution in [1.82, 2.24) is 4.90 Å². The molecule has 0 bridgehead atoms. The van der Waals surface area contributed by atoms with Gasteiger partial charge in [0.15, 0.2) is 0 Å². The molecule has 0 radical (unpaired) electrons. The molecule has 4 heteroatoms. The van der Waals surface area contributed by atoms with E-state index >= 15 is 0 Å². The van der Waals surface area contributed by atoms with Crippen molar-refractivity contribution in [3.8, 4) is 5.75 Å². The van der Waals surface area contributed by atoms with Gasteiger partial charge in [0, 0.05) is 6.54 Å². The summed E-state index contributed by atoms with van der Waals surface area (Å²) in [4.78, 5) is 13.8. The van der Waals surface area contributed by atoms with Crippen LogP contribution in [0.3, 0.4) is 0 Å². The predicted molar refractivity (Wildman–Crippen MR) is 87.8 cm³/mol. The first-order valence-corrected chi connectivity index (χ1v) is 8.42. The second kappa shape index (κ2) is 8.79. The van der Waals surface area contributed by atoms with Crippen molar-refractivity contribution in [2.45, 2.75) is 45.4 Å². The molecule has 0 aromatic heterocycles. The van der Waals surface area contributed by atoms with Crippen molar-refractivity contribution < 1.29 is 14.6 Å². The van der Waals surface area contributed by atoms with Gasteiger partial charge in [0.2, 0.25) is 0 Å². The first-order valence-electron chi connectivity index (χ1n) is 8.42. The largest absolute Gasteiger partial charge is 0.494 e. The molecule has 1 aromatic rings. The average Bonchev–Trinajstić information content (AvgIpc) is 2.54. The molecule has 4 nitrogen and oxygen atoms in total. The van der Waals surface area contributed by atoms with Crippen molar-refractivity contribution in [2.75, 3.05) is 26.2 Å². The first-order chi connectivity index (χ1) is 10.7. The summed E-state index contributed by atoms with van der Waals surface area (Å²) in [6, 6.07) is 5.35. The molecule has 1 aliphatic rings. The van der Waals surface area contributed by atoms with Crippen molar-refractivity contribution in [2.24, 2.45) is 0 Å². The summed E-state index contributed by atoms with van der Waals surface area (Å²) < 4.78 is 5.71. The summed E-state index contributed by atoms with van der Waals surface area (Å²) in [6.45, 7) is 6.01. The van der Waals surface area contributed by atoms with Crippen LogP contribution in [-0.4, -0.2) is 42.2 Å². The molecular formula is C18H27NO3. The number of piperidine rings is 1. The number of hydrogen-bond donors (Lipinski definition) is 1. The Morgan fingerprint density at radius 3 is 2.73 bits per heavy atom. The quantitative estimate of drug-likeness (QED) is 0.746. The van der Waals surface area contributed by atoms with Gasteiger partial charge in [-0.25, -0.2) is 4.79 Å². The Labute approximate surface area is 133 Å². The number of nitrogens with zero attached hydrogens (tertiary/aromatic N) is 1. The molecule has 1 aliphatic heterocycles. The number of rotatable bonds is 8. The van der Waals surface area contributed by atoms with E-state index in [1.165, 1.54) is 19.3 Å². The maximum Gasteiger partial charge on any atom is 0.335 e. The van der Waals surface area contributed by atoms with Crippen LogP contribution in [0.25, 0.3) is 0 Å². The molecule has 1 fully saturated rings. The highest BCUT2D eigenvalue weighted by molar-refractivity contribution is 5.89. The number of carbonyl (C=O) groups is 1. The number of benzene rings is 1. The van der Waals surface area contributed by atoms with Crippen LogP contribution < -0.4 is 4.74 Å². The second-order valence-corrected chi connectivity index (χ2v) is 5.98. The summed E-state index contributed by atoms with van der Waals surface area (Å²) >= 11 is 0. The van der Waals surface area contributed by atoms with E-state index in [-0.39, 0.29) is 0 Å². The molecule has 1 N–H and O–H groups in total. The van der Waals surface area contributed by atoms with Crippen LogP contribution in [0, 0.1) is 0 Å². The lowest BCUT2D eigenvalue weighted by Crippen LogP contribution is -2.31. The van der Waals surface area contributed by atoms with Crippen LogP contribution in [0.1, 0.15) is 54.9 Å². The van der Waals surface area contributed by atoms with E-state index in [0.29, 0.717) is 12.2 Å². The van der Waals surface area contributed by atoms with Gasteiger partial charge in [0.25, 0.3) is 0 Å². The van der Waals surface area contributed by atoms with Gasteiger partial charge in [-0.15, -0.1) is 0 Å². The fraction of sp³-hybridized carbons (Fsp3) is 0.611. The smallest absolute Gasteiger partial charge is 0.335 e. The molecule has 1 aromatic carbocycles. The van der Waals surface area contributed by atoms with E-state index in [1.54, 1.807) is 12.1 Å². The lowest BCUT2D eigenvalue weighted by Gasteiger charge is -2.26. The van der Waals surface area contributed by atoms with Crippen LogP contribution in [-0.2, 0) is 6.42 Å². The average molecular weight is 305 g/mol. The maximum absolute atomic E-state index is 11.4. The standard InChI is InChI=1S/C18H27NO3/c1-2-3-13-22-16-7-8-17(18(20)21)15(14-16)9-12-19-10-5-4-6-11-19/h7-8,14H,2-6,9-13H2,1H3,(H,20,21). The number of unbranched alkanes of at least 4 members (excludes halogenated alkanes) is 1. The molecule has 0 aliphatic carbocycles. The van der Waals surface area contributed by atoms with Crippen LogP contribution in [0.2, 0.25) is 0 Å². The SMILES string of the molecule is CCCCOc1ccc(C(=O)O)c(CCN2CCCCC2)c1. The lowest BCUT2D eigenvalue weighted by molar-refractivity contribution is 0.0695. The summed E-state index contributed by atoms with van der Waals surface area (Å²) in [7, 11) is 0. The highest BCUT2D eigenvalue weighted by Gasteiger charge is 2.14. The molecule has 2 rings (SSSR count). The van der Waals surface area contributed by atoms with Gasteiger partial charge in [-0.05, 0) is 62.5 Å². The van der Waals surface area contributed by atoms with Gasteiger partial charge in [0.1, 0.15) is 5.75 Å². The van der Waals surface area contributed by atoms with Crippen LogP contribution in [0.15, 0.2) is 18.2 Å². The molecule has 0 atom stereocenters. The summed E-state index contributed by atoms with van der Waals surface area (Å²) in [5.41, 5.74) is 1.28. The number of likely N-dealkylation sites (tertiary alicyclic amines) is 1.